The van der Waals surface area contributed by atoms with Gasteiger partial charge < -0.3 is 5.11 Å². The van der Waals surface area contributed by atoms with Gasteiger partial charge in [0.05, 0.1) is 12.8 Å². The number of nitrogens with zero attached hydrogens (tertiary/aromatic N) is 3. The Labute approximate surface area is 152 Å². The number of hydrazone groups is 1. The van der Waals surface area contributed by atoms with Gasteiger partial charge in [-0.15, -0.1) is 0 Å². The standard InChI is InChI=1S/C18H15N5O4/c24-15(13-6-8-19-9-7-13)22-20-10-14-16(25)21-18(27)23(17(14)26)11-12-4-2-1-3-5-12/h1-10,26H,11H2,(H,22,24)(H,21,25,27)/b20-10-. The van der Waals surface area contributed by atoms with Crippen molar-refractivity contribution in [2.75, 3.05) is 0 Å². The molecule has 27 heavy (non-hydrogen) atoms. The van der Waals surface area contributed by atoms with Crippen molar-refractivity contribution in [3.63, 3.8) is 0 Å². The van der Waals surface area contributed by atoms with Gasteiger partial charge in [-0.05, 0) is 17.7 Å². The zero-order valence-corrected chi connectivity index (χ0v) is 14.0. The van der Waals surface area contributed by atoms with Gasteiger partial charge in [-0.3, -0.25) is 24.1 Å². The Hall–Kier alpha value is -4.01. The van der Waals surface area contributed by atoms with Crippen LogP contribution in [0.3, 0.4) is 0 Å². The summed E-state index contributed by atoms with van der Waals surface area (Å²) in [5, 5.41) is 14.0. The van der Waals surface area contributed by atoms with E-state index in [0.29, 0.717) is 5.56 Å². The van der Waals surface area contributed by atoms with E-state index in [1.165, 1.54) is 24.5 Å². The molecule has 1 aromatic carbocycles. The Morgan fingerprint density at radius 1 is 1.19 bits per heavy atom. The number of carbonyl (C=O) groups excluding carboxylic acids is 1. The Balaban J connectivity index is 1.85. The van der Waals surface area contributed by atoms with Crippen LogP contribution in [0.1, 0.15) is 21.5 Å². The molecule has 0 aliphatic rings. The number of aromatic hydroxyl groups is 1. The lowest BCUT2D eigenvalue weighted by molar-refractivity contribution is 0.0955. The van der Waals surface area contributed by atoms with Crippen molar-refractivity contribution in [1.82, 2.24) is 20.0 Å². The van der Waals surface area contributed by atoms with Crippen LogP contribution in [0, 0.1) is 0 Å². The van der Waals surface area contributed by atoms with Crippen molar-refractivity contribution in [2.45, 2.75) is 6.54 Å². The Bertz CT molecular complexity index is 1090. The molecule has 2 heterocycles. The average molecular weight is 365 g/mol. The van der Waals surface area contributed by atoms with Gasteiger partial charge in [0.2, 0.25) is 5.88 Å². The first-order chi connectivity index (χ1) is 13.1. The normalized spacial score (nSPS) is 10.8. The number of amides is 1. The Morgan fingerprint density at radius 3 is 2.59 bits per heavy atom. The number of hydrogen-bond acceptors (Lipinski definition) is 6. The zero-order valence-electron chi connectivity index (χ0n) is 14.0. The number of nitrogens with one attached hydrogen (secondary N) is 2. The lowest BCUT2D eigenvalue weighted by Crippen LogP contribution is -2.32. The molecule has 0 radical (unpaired) electrons. The van der Waals surface area contributed by atoms with Crippen LogP contribution in [0.15, 0.2) is 69.5 Å². The fourth-order valence-electron chi connectivity index (χ4n) is 2.33. The van der Waals surface area contributed by atoms with E-state index in [1.54, 1.807) is 24.3 Å². The smallest absolute Gasteiger partial charge is 0.331 e. The first-order valence-electron chi connectivity index (χ1n) is 7.89. The molecule has 3 N–H and O–H groups in total. The highest BCUT2D eigenvalue weighted by Gasteiger charge is 2.13. The molecule has 0 bridgehead atoms. The van der Waals surface area contributed by atoms with E-state index >= 15 is 0 Å². The molecular formula is C18H15N5O4. The number of carbonyl (C=O) groups is 1. The van der Waals surface area contributed by atoms with Crippen LogP contribution in [-0.2, 0) is 6.54 Å². The van der Waals surface area contributed by atoms with Gasteiger partial charge >= 0.3 is 5.69 Å². The first kappa shape index (κ1) is 17.8. The number of pyridine rings is 1. The van der Waals surface area contributed by atoms with Crippen LogP contribution in [0.2, 0.25) is 0 Å². The summed E-state index contributed by atoms with van der Waals surface area (Å²) in [5.41, 5.74) is 1.51. The minimum absolute atomic E-state index is 0.0620. The van der Waals surface area contributed by atoms with E-state index < -0.39 is 23.0 Å². The molecule has 3 aromatic rings. The monoisotopic (exact) mass is 365 g/mol. The maximum absolute atomic E-state index is 12.0. The molecule has 0 fully saturated rings. The van der Waals surface area contributed by atoms with Crippen molar-refractivity contribution in [1.29, 1.82) is 0 Å². The van der Waals surface area contributed by atoms with Crippen LogP contribution in [-0.4, -0.2) is 31.8 Å². The van der Waals surface area contributed by atoms with Crippen molar-refractivity contribution >= 4 is 12.1 Å². The number of benzene rings is 1. The van der Waals surface area contributed by atoms with Gasteiger partial charge in [0.15, 0.2) is 0 Å². The summed E-state index contributed by atoms with van der Waals surface area (Å²) in [6.07, 6.45) is 3.89. The summed E-state index contributed by atoms with van der Waals surface area (Å²) >= 11 is 0. The average Bonchev–Trinajstić information content (AvgIpc) is 2.69. The van der Waals surface area contributed by atoms with Crippen LogP contribution in [0.4, 0.5) is 0 Å². The van der Waals surface area contributed by atoms with E-state index in [1.807, 2.05) is 6.07 Å². The molecular weight excluding hydrogens is 350 g/mol. The van der Waals surface area contributed by atoms with E-state index in [-0.39, 0.29) is 12.1 Å². The summed E-state index contributed by atoms with van der Waals surface area (Å²) < 4.78 is 1.00. The van der Waals surface area contributed by atoms with Gasteiger partial charge in [0.25, 0.3) is 11.5 Å². The Morgan fingerprint density at radius 2 is 1.89 bits per heavy atom. The predicted octanol–water partition coefficient (Wildman–Crippen LogP) is 0.449. The highest BCUT2D eigenvalue weighted by atomic mass is 16.3. The molecule has 0 spiro atoms. The second-order valence-corrected chi connectivity index (χ2v) is 5.50. The molecule has 1 amide bonds. The quantitative estimate of drug-likeness (QED) is 0.446. The summed E-state index contributed by atoms with van der Waals surface area (Å²) in [7, 11) is 0. The number of hydrogen-bond donors (Lipinski definition) is 3. The second kappa shape index (κ2) is 7.91. The SMILES string of the molecule is O=C(N/N=C\c1c(O)n(Cc2ccccc2)c(=O)[nH]c1=O)c1ccncc1. The second-order valence-electron chi connectivity index (χ2n) is 5.50. The maximum Gasteiger partial charge on any atom is 0.331 e. The minimum atomic E-state index is -0.816. The molecule has 9 heteroatoms. The molecule has 0 atom stereocenters. The topological polar surface area (TPSA) is 129 Å². The summed E-state index contributed by atoms with van der Waals surface area (Å²) in [5.74, 6) is -1.06. The van der Waals surface area contributed by atoms with E-state index in [9.17, 15) is 19.5 Å². The lowest BCUT2D eigenvalue weighted by Gasteiger charge is -2.09. The third kappa shape index (κ3) is 4.15. The number of H-pyrrole nitrogens is 1. The fraction of sp³-hybridized carbons (Fsp3) is 0.0556. The predicted molar refractivity (Wildman–Crippen MR) is 97.8 cm³/mol. The molecule has 0 saturated heterocycles. The summed E-state index contributed by atoms with van der Waals surface area (Å²) in [4.78, 5) is 41.8. The van der Waals surface area contributed by atoms with Crippen LogP contribution in [0.5, 0.6) is 5.88 Å². The van der Waals surface area contributed by atoms with Crippen LogP contribution < -0.4 is 16.7 Å². The lowest BCUT2D eigenvalue weighted by atomic mass is 10.2. The minimum Gasteiger partial charge on any atom is -0.494 e. The third-order valence-electron chi connectivity index (χ3n) is 3.69. The van der Waals surface area contributed by atoms with Crippen molar-refractivity contribution in [2.24, 2.45) is 5.10 Å². The van der Waals surface area contributed by atoms with E-state index in [4.69, 9.17) is 0 Å². The highest BCUT2D eigenvalue weighted by Crippen LogP contribution is 2.10. The number of aromatic amines is 1. The molecule has 0 unspecified atom stereocenters. The molecule has 3 rings (SSSR count). The Kier molecular flexibility index (Phi) is 5.22. The molecule has 0 aliphatic carbocycles. The first-order valence-corrected chi connectivity index (χ1v) is 7.89. The maximum atomic E-state index is 12.0. The molecule has 9 nitrogen and oxygen atoms in total. The third-order valence-corrected chi connectivity index (χ3v) is 3.69. The highest BCUT2D eigenvalue weighted by molar-refractivity contribution is 5.94. The molecule has 0 aliphatic heterocycles. The zero-order chi connectivity index (χ0) is 19.2. The van der Waals surface area contributed by atoms with Crippen molar-refractivity contribution in [3.8, 4) is 5.88 Å². The molecule has 0 saturated carbocycles. The van der Waals surface area contributed by atoms with E-state index in [2.05, 4.69) is 20.5 Å². The van der Waals surface area contributed by atoms with Crippen LogP contribution >= 0.6 is 0 Å². The van der Waals surface area contributed by atoms with Crippen molar-refractivity contribution in [3.05, 3.63) is 92.4 Å². The summed E-state index contributed by atoms with van der Waals surface area (Å²) in [6, 6.07) is 12.0. The van der Waals surface area contributed by atoms with E-state index in [0.717, 1.165) is 16.3 Å². The number of rotatable bonds is 5. The van der Waals surface area contributed by atoms with Gasteiger partial charge in [0.1, 0.15) is 5.56 Å². The van der Waals surface area contributed by atoms with Gasteiger partial charge in [-0.25, -0.2) is 10.2 Å². The van der Waals surface area contributed by atoms with Crippen molar-refractivity contribution < 1.29 is 9.90 Å². The molecule has 2 aromatic heterocycles. The molecule has 136 valence electrons. The largest absolute Gasteiger partial charge is 0.494 e. The van der Waals surface area contributed by atoms with Gasteiger partial charge in [-0.2, -0.15) is 5.10 Å². The van der Waals surface area contributed by atoms with Crippen LogP contribution in [0.25, 0.3) is 0 Å². The summed E-state index contributed by atoms with van der Waals surface area (Å²) in [6.45, 7) is 0.0620. The van der Waals surface area contributed by atoms with Gasteiger partial charge in [0, 0.05) is 18.0 Å². The number of aromatic nitrogens is 3. The van der Waals surface area contributed by atoms with Gasteiger partial charge in [-0.1, -0.05) is 30.3 Å². The fourth-order valence-corrected chi connectivity index (χ4v) is 2.33.